The van der Waals surface area contributed by atoms with Crippen LogP contribution in [0.5, 0.6) is 5.75 Å². The van der Waals surface area contributed by atoms with E-state index < -0.39 is 80.4 Å². The van der Waals surface area contributed by atoms with Crippen molar-refractivity contribution in [1.29, 1.82) is 0 Å². The number of ether oxygens (including phenoxy) is 3. The van der Waals surface area contributed by atoms with Crippen LogP contribution < -0.4 is 20.1 Å². The van der Waals surface area contributed by atoms with Gasteiger partial charge in [0.1, 0.15) is 35.1 Å². The van der Waals surface area contributed by atoms with Gasteiger partial charge in [0.15, 0.2) is 0 Å². The highest BCUT2D eigenvalue weighted by Crippen LogP contribution is 2.46. The van der Waals surface area contributed by atoms with Gasteiger partial charge in [0, 0.05) is 25.4 Å². The number of nitrogens with zero attached hydrogens (tertiary/aromatic N) is 2. The van der Waals surface area contributed by atoms with Crippen LogP contribution in [0.3, 0.4) is 0 Å². The molecule has 5 aliphatic rings. The lowest BCUT2D eigenvalue weighted by Crippen LogP contribution is -2.58. The zero-order chi connectivity index (χ0) is 37.4. The molecule has 284 valence electrons. The molecule has 52 heavy (non-hydrogen) atoms. The number of benzene rings is 1. The average molecular weight is 744 g/mol. The molecular weight excluding hydrogens is 694 g/mol. The van der Waals surface area contributed by atoms with E-state index in [1.54, 1.807) is 27.9 Å². The minimum atomic E-state index is -3.90. The molecule has 0 bridgehead atoms. The molecule has 3 N–H and O–H groups in total. The minimum absolute atomic E-state index is 0.0738. The Morgan fingerprint density at radius 2 is 1.77 bits per heavy atom. The Labute approximate surface area is 304 Å². The molecule has 0 unspecified atom stereocenters. The van der Waals surface area contributed by atoms with Gasteiger partial charge in [-0.25, -0.2) is 18.0 Å². The highest BCUT2D eigenvalue weighted by atomic mass is 32.2. The Bertz CT molecular complexity index is 1740. The lowest BCUT2D eigenvalue weighted by molar-refractivity contribution is -0.141. The fourth-order valence-corrected chi connectivity index (χ4v) is 8.51. The summed E-state index contributed by atoms with van der Waals surface area (Å²) in [5.41, 5.74) is -0.489. The molecule has 3 fully saturated rings. The smallest absolute Gasteiger partial charge is 0.410 e. The Morgan fingerprint density at radius 1 is 1.02 bits per heavy atom. The van der Waals surface area contributed by atoms with E-state index in [2.05, 4.69) is 15.4 Å². The highest BCUT2D eigenvalue weighted by Gasteiger charge is 2.62. The summed E-state index contributed by atoms with van der Waals surface area (Å²) in [5.74, 6) is -1.85. The second-order valence-corrected chi connectivity index (χ2v) is 17.4. The van der Waals surface area contributed by atoms with Gasteiger partial charge < -0.3 is 29.7 Å². The highest BCUT2D eigenvalue weighted by molar-refractivity contribution is 7.91. The zero-order valence-electron chi connectivity index (χ0n) is 30.1. The molecule has 6 rings (SSSR count). The number of sulfonamides is 1. The lowest BCUT2D eigenvalue weighted by atomic mass is 10.0. The molecule has 1 aromatic carbocycles. The summed E-state index contributed by atoms with van der Waals surface area (Å²) in [4.78, 5) is 71.3. The molecule has 1 aromatic rings. The molecule has 3 heterocycles. The van der Waals surface area contributed by atoms with Crippen LogP contribution in [0.4, 0.5) is 9.59 Å². The van der Waals surface area contributed by atoms with Crippen molar-refractivity contribution in [3.8, 4) is 5.75 Å². The molecule has 2 aliphatic carbocycles. The predicted octanol–water partition coefficient (Wildman–Crippen LogP) is 3.01. The van der Waals surface area contributed by atoms with E-state index in [-0.39, 0.29) is 25.8 Å². The Balaban J connectivity index is 1.24. The normalized spacial score (nSPS) is 28.5. The Morgan fingerprint density at radius 3 is 2.48 bits per heavy atom. The molecule has 5 amide bonds. The van der Waals surface area contributed by atoms with Gasteiger partial charge >= 0.3 is 12.2 Å². The molecule has 0 radical (unpaired) electrons. The van der Waals surface area contributed by atoms with Crippen molar-refractivity contribution in [3.05, 3.63) is 41.5 Å². The SMILES string of the molecule is COc1ccc2c(c1)CN(C(=O)O[C@@H]1C[C@H]3C(=O)N[C@]4(C(=O)NS(=O)(=O)C5CC5)C[C@H]4/C=C\CCCCC[C@H](NC(=O)OC(C)(C)C)C(=O)N3C1)C2. The molecule has 2 saturated carbocycles. The topological polar surface area (TPSA) is 190 Å². The second kappa shape index (κ2) is 14.6. The van der Waals surface area contributed by atoms with Crippen LogP contribution >= 0.6 is 0 Å². The fraction of sp³-hybridized carbons (Fsp3) is 0.639. The van der Waals surface area contributed by atoms with Crippen molar-refractivity contribution in [1.82, 2.24) is 25.2 Å². The van der Waals surface area contributed by atoms with Crippen molar-refractivity contribution >= 4 is 39.9 Å². The van der Waals surface area contributed by atoms with Crippen LogP contribution in [0.25, 0.3) is 0 Å². The number of rotatable bonds is 6. The maximum absolute atomic E-state index is 14.3. The van der Waals surface area contributed by atoms with E-state index in [9.17, 15) is 32.4 Å². The van der Waals surface area contributed by atoms with E-state index in [0.717, 1.165) is 24.0 Å². The molecule has 5 atom stereocenters. The summed E-state index contributed by atoms with van der Waals surface area (Å²) < 4.78 is 44.4. The number of allylic oxidation sites excluding steroid dienone is 1. The van der Waals surface area contributed by atoms with E-state index >= 15 is 0 Å². The summed E-state index contributed by atoms with van der Waals surface area (Å²) in [6.45, 7) is 5.60. The molecule has 16 heteroatoms. The van der Waals surface area contributed by atoms with Gasteiger partial charge in [-0.3, -0.25) is 24.0 Å². The Hall–Kier alpha value is -4.34. The van der Waals surface area contributed by atoms with Gasteiger partial charge in [-0.2, -0.15) is 0 Å². The van der Waals surface area contributed by atoms with E-state index in [1.807, 2.05) is 30.4 Å². The number of alkyl carbamates (subject to hydrolysis) is 1. The maximum atomic E-state index is 14.3. The second-order valence-electron chi connectivity index (χ2n) is 15.5. The number of carbonyl (C=O) groups is 5. The van der Waals surface area contributed by atoms with Gasteiger partial charge in [-0.15, -0.1) is 0 Å². The first-order valence-corrected chi connectivity index (χ1v) is 19.6. The minimum Gasteiger partial charge on any atom is -0.497 e. The summed E-state index contributed by atoms with van der Waals surface area (Å²) in [6.07, 6.45) is 5.56. The van der Waals surface area contributed by atoms with Crippen LogP contribution in [0.15, 0.2) is 30.4 Å². The third-order valence-corrected chi connectivity index (χ3v) is 12.0. The zero-order valence-corrected chi connectivity index (χ0v) is 31.0. The van der Waals surface area contributed by atoms with E-state index in [1.165, 1.54) is 9.80 Å². The first-order chi connectivity index (χ1) is 24.6. The van der Waals surface area contributed by atoms with Crippen LogP contribution in [0, 0.1) is 5.92 Å². The van der Waals surface area contributed by atoms with Crippen LogP contribution in [-0.2, 0) is 47.0 Å². The number of methoxy groups -OCH3 is 1. The number of hydrogen-bond acceptors (Lipinski definition) is 10. The average Bonchev–Trinajstić information content (AvgIpc) is 3.96. The van der Waals surface area contributed by atoms with Crippen LogP contribution in [-0.4, -0.2) is 96.4 Å². The lowest BCUT2D eigenvalue weighted by Gasteiger charge is -2.30. The van der Waals surface area contributed by atoms with Gasteiger partial charge in [0.2, 0.25) is 21.8 Å². The molecule has 3 aliphatic heterocycles. The summed E-state index contributed by atoms with van der Waals surface area (Å²) >= 11 is 0. The fourth-order valence-electron chi connectivity index (χ4n) is 7.14. The van der Waals surface area contributed by atoms with E-state index in [4.69, 9.17) is 14.2 Å². The van der Waals surface area contributed by atoms with Crippen molar-refractivity contribution in [2.24, 2.45) is 5.92 Å². The number of nitrogens with one attached hydrogen (secondary N) is 3. The van der Waals surface area contributed by atoms with Crippen LogP contribution in [0.2, 0.25) is 0 Å². The molecule has 0 spiro atoms. The van der Waals surface area contributed by atoms with Gasteiger partial charge in [0.05, 0.1) is 18.9 Å². The van der Waals surface area contributed by atoms with E-state index in [0.29, 0.717) is 44.5 Å². The first kappa shape index (κ1) is 37.4. The molecule has 15 nitrogen and oxygen atoms in total. The van der Waals surface area contributed by atoms with Gasteiger partial charge in [0.25, 0.3) is 5.91 Å². The maximum Gasteiger partial charge on any atom is 0.410 e. The number of hydrogen-bond donors (Lipinski definition) is 3. The van der Waals surface area contributed by atoms with Gasteiger partial charge in [-0.05, 0) is 82.6 Å². The third kappa shape index (κ3) is 8.48. The Kier molecular flexibility index (Phi) is 10.5. The molecule has 1 saturated heterocycles. The van der Waals surface area contributed by atoms with Crippen molar-refractivity contribution in [2.75, 3.05) is 13.7 Å². The van der Waals surface area contributed by atoms with Crippen molar-refractivity contribution in [3.63, 3.8) is 0 Å². The quantitative estimate of drug-likeness (QED) is 0.366. The monoisotopic (exact) mass is 743 g/mol. The van der Waals surface area contributed by atoms with Gasteiger partial charge in [-0.1, -0.05) is 31.1 Å². The number of amides is 5. The first-order valence-electron chi connectivity index (χ1n) is 18.0. The third-order valence-electron chi connectivity index (χ3n) is 10.2. The number of carbonyl (C=O) groups excluding carboxylic acids is 5. The summed E-state index contributed by atoms with van der Waals surface area (Å²) in [5, 5.41) is 4.87. The summed E-state index contributed by atoms with van der Waals surface area (Å²) in [6, 6.07) is 3.33. The van der Waals surface area contributed by atoms with Crippen molar-refractivity contribution < 1.29 is 46.6 Å². The standard InChI is InChI=1S/C36H49N5O10S/c1-35(2,3)51-33(45)37-28-11-9-7-5-6-8-10-24-18-36(24,32(44)39-52(47,48)27-14-15-27)38-30(42)29-17-26(21-41(29)31(28)43)50-34(46)40-19-22-12-13-25(49-4)16-23(22)20-40/h8,10,12-13,16,24,26-29H,5-7,9,11,14-15,17-21H2,1-4H3,(H,37,45)(H,38,42)(H,39,44)/b10-8-/t24-,26-,28+,29+,36-/m1/s1. The van der Waals surface area contributed by atoms with Crippen molar-refractivity contribution in [2.45, 2.75) is 126 Å². The molecule has 0 aromatic heterocycles. The molecular formula is C36H49N5O10S. The summed E-state index contributed by atoms with van der Waals surface area (Å²) in [7, 11) is -2.34. The van der Waals surface area contributed by atoms with Crippen LogP contribution in [0.1, 0.15) is 89.7 Å². The predicted molar refractivity (Wildman–Crippen MR) is 187 cm³/mol. The number of fused-ring (bicyclic) bond motifs is 3. The largest absolute Gasteiger partial charge is 0.497 e.